The molecule has 14 nitrogen and oxygen atoms in total. The molecule has 2 aromatic heterocycles. The maximum Gasteiger partial charge on any atom is 0.415 e. The number of aromatic nitrogens is 3. The number of aryl methyl sites for hydroxylation is 1. The van der Waals surface area contributed by atoms with Gasteiger partial charge in [0.2, 0.25) is 12.3 Å². The molecule has 3 amide bonds. The molecule has 57 heavy (non-hydrogen) atoms. The van der Waals surface area contributed by atoms with Gasteiger partial charge in [-0.1, -0.05) is 18.2 Å². The molecule has 4 aliphatic heterocycles. The zero-order chi connectivity index (χ0) is 39.7. The van der Waals surface area contributed by atoms with E-state index in [1.165, 1.54) is 4.90 Å². The fourth-order valence-electron chi connectivity index (χ4n) is 9.27. The first-order valence-electron chi connectivity index (χ1n) is 20.1. The number of benzene rings is 2. The summed E-state index contributed by atoms with van der Waals surface area (Å²) in [5.41, 5.74) is 0.912. The average molecular weight is 783 g/mol. The predicted octanol–water partition coefficient (Wildman–Crippen LogP) is 4.95. The minimum Gasteiger partial charge on any atom is -0.461 e. The van der Waals surface area contributed by atoms with E-state index in [9.17, 15) is 14.4 Å². The number of ether oxygens (including phenoxy) is 3. The first kappa shape index (κ1) is 38.7. The van der Waals surface area contributed by atoms with Crippen molar-refractivity contribution >= 4 is 45.9 Å². The zero-order valence-electron chi connectivity index (χ0n) is 33.0. The Kier molecular flexibility index (Phi) is 10.9. The molecule has 0 aliphatic carbocycles. The van der Waals surface area contributed by atoms with Gasteiger partial charge < -0.3 is 29.3 Å². The molecular formula is C42H51FN8O6. The van der Waals surface area contributed by atoms with Gasteiger partial charge in [-0.3, -0.25) is 24.4 Å². The number of nitrogens with one attached hydrogen (secondary N) is 1. The van der Waals surface area contributed by atoms with Crippen LogP contribution >= 0.6 is 0 Å². The SMILES string of the molecule is COCCCc1cccc2cc(OC(=O)N3CCN(C)C(=O)C3)cc(-c3ncc4c(N5CCCC(C)(NC=O)C5)nc(OCC56CCCN5CCC6)nc4c3F)c12. The Hall–Kier alpha value is -5.15. The first-order valence-corrected chi connectivity index (χ1v) is 20.1. The zero-order valence-corrected chi connectivity index (χ0v) is 33.0. The second kappa shape index (κ2) is 16.0. The number of carbonyl (C=O) groups is 3. The van der Waals surface area contributed by atoms with Gasteiger partial charge in [-0.15, -0.1) is 0 Å². The number of amides is 3. The molecule has 6 heterocycles. The second-order valence-corrected chi connectivity index (χ2v) is 16.3. The molecule has 2 aromatic carbocycles. The number of hydrogen-bond acceptors (Lipinski definition) is 11. The van der Waals surface area contributed by atoms with E-state index in [4.69, 9.17) is 29.2 Å². The summed E-state index contributed by atoms with van der Waals surface area (Å²) >= 11 is 0. The lowest BCUT2D eigenvalue weighted by molar-refractivity contribution is -0.133. The molecule has 1 N–H and O–H groups in total. The quantitative estimate of drug-likeness (QED) is 0.154. The standard InChI is InChI=1S/C42H51FN8O6/c1-41(45-27-52)12-6-15-50(25-41)38-32-23-44-36(35(43)37(32)46-39(47-38)56-26-42-13-7-16-51(42)17-8-14-42)31-22-30(57-40(54)49-19-18-48(2)33(53)24-49)21-29-10-4-9-28(34(29)31)11-5-20-55-3/h4,9-10,21-23,27H,5-8,11-20,24-26H2,1-3H3,(H,45,52). The number of pyridine rings is 1. The van der Waals surface area contributed by atoms with Crippen molar-refractivity contribution in [3.63, 3.8) is 0 Å². The number of piperazine rings is 1. The van der Waals surface area contributed by atoms with Crippen molar-refractivity contribution < 1.29 is 33.0 Å². The summed E-state index contributed by atoms with van der Waals surface area (Å²) in [4.78, 5) is 59.3. The van der Waals surface area contributed by atoms with E-state index in [1.807, 2.05) is 25.1 Å². The molecule has 15 heteroatoms. The van der Waals surface area contributed by atoms with Crippen molar-refractivity contribution in [3.8, 4) is 23.0 Å². The molecular weight excluding hydrogens is 732 g/mol. The van der Waals surface area contributed by atoms with Gasteiger partial charge in [-0.2, -0.15) is 9.97 Å². The van der Waals surface area contributed by atoms with Gasteiger partial charge in [0.25, 0.3) is 0 Å². The summed E-state index contributed by atoms with van der Waals surface area (Å²) < 4.78 is 35.3. The summed E-state index contributed by atoms with van der Waals surface area (Å²) in [7, 11) is 3.36. The monoisotopic (exact) mass is 782 g/mol. The molecule has 4 aromatic rings. The van der Waals surface area contributed by atoms with E-state index in [1.54, 1.807) is 37.4 Å². The van der Waals surface area contributed by atoms with E-state index >= 15 is 4.39 Å². The first-order chi connectivity index (χ1) is 27.6. The van der Waals surface area contributed by atoms with Gasteiger partial charge in [0.1, 0.15) is 35.9 Å². The van der Waals surface area contributed by atoms with Gasteiger partial charge in [-0.25, -0.2) is 9.18 Å². The highest BCUT2D eigenvalue weighted by Gasteiger charge is 2.45. The Morgan fingerprint density at radius 3 is 2.63 bits per heavy atom. The van der Waals surface area contributed by atoms with Crippen LogP contribution in [0.25, 0.3) is 32.9 Å². The molecule has 302 valence electrons. The van der Waals surface area contributed by atoms with Crippen LogP contribution in [-0.2, 0) is 20.7 Å². The highest BCUT2D eigenvalue weighted by atomic mass is 19.1. The van der Waals surface area contributed by atoms with E-state index in [0.717, 1.165) is 80.8 Å². The number of piperidine rings is 1. The molecule has 4 saturated heterocycles. The normalized spacial score (nSPS) is 21.0. The minimum atomic E-state index is -0.663. The van der Waals surface area contributed by atoms with Crippen LogP contribution in [0.3, 0.4) is 0 Å². The Balaban J connectivity index is 1.24. The van der Waals surface area contributed by atoms with Crippen LogP contribution in [0.4, 0.5) is 15.0 Å². The van der Waals surface area contributed by atoms with E-state index in [2.05, 4.69) is 15.1 Å². The van der Waals surface area contributed by atoms with Crippen molar-refractivity contribution in [2.75, 3.05) is 78.1 Å². The predicted molar refractivity (Wildman–Crippen MR) is 213 cm³/mol. The number of methoxy groups -OCH3 is 1. The molecule has 4 fully saturated rings. The fourth-order valence-corrected chi connectivity index (χ4v) is 9.27. The number of likely N-dealkylation sites (N-methyl/N-ethyl adjacent to an activating group) is 1. The molecule has 0 spiro atoms. The number of rotatable bonds is 12. The lowest BCUT2D eigenvalue weighted by Gasteiger charge is -2.41. The van der Waals surface area contributed by atoms with Gasteiger partial charge in [0, 0.05) is 58.7 Å². The lowest BCUT2D eigenvalue weighted by Crippen LogP contribution is -2.55. The van der Waals surface area contributed by atoms with Crippen LogP contribution in [0, 0.1) is 5.82 Å². The van der Waals surface area contributed by atoms with Crippen LogP contribution < -0.4 is 19.7 Å². The van der Waals surface area contributed by atoms with Crippen LogP contribution in [0.1, 0.15) is 57.4 Å². The summed E-state index contributed by atoms with van der Waals surface area (Å²) in [6.45, 7) is 6.77. The number of fused-ring (bicyclic) bond motifs is 3. The van der Waals surface area contributed by atoms with E-state index < -0.39 is 17.4 Å². The van der Waals surface area contributed by atoms with Gasteiger partial charge in [0.15, 0.2) is 5.82 Å². The highest BCUT2D eigenvalue weighted by Crippen LogP contribution is 2.41. The van der Waals surface area contributed by atoms with Crippen LogP contribution in [0.5, 0.6) is 11.8 Å². The smallest absolute Gasteiger partial charge is 0.415 e. The third kappa shape index (κ3) is 7.66. The Bertz CT molecular complexity index is 2180. The van der Waals surface area contributed by atoms with Crippen LogP contribution in [0.2, 0.25) is 0 Å². The maximum absolute atomic E-state index is 17.6. The molecule has 0 radical (unpaired) electrons. The number of anilines is 1. The Labute approximate surface area is 331 Å². The van der Waals surface area contributed by atoms with Crippen molar-refractivity contribution in [1.29, 1.82) is 0 Å². The fraction of sp³-hybridized carbons (Fsp3) is 0.524. The number of halogens is 1. The number of nitrogens with zero attached hydrogens (tertiary/aromatic N) is 7. The van der Waals surface area contributed by atoms with Crippen molar-refractivity contribution in [2.24, 2.45) is 0 Å². The number of carbonyl (C=O) groups excluding carboxylic acids is 3. The largest absolute Gasteiger partial charge is 0.461 e. The maximum atomic E-state index is 17.6. The minimum absolute atomic E-state index is 0.0393. The molecule has 0 saturated carbocycles. The topological polar surface area (TPSA) is 143 Å². The molecule has 0 bridgehead atoms. The van der Waals surface area contributed by atoms with Crippen molar-refractivity contribution in [2.45, 2.75) is 69.4 Å². The van der Waals surface area contributed by atoms with Gasteiger partial charge in [-0.05, 0) is 99.8 Å². The van der Waals surface area contributed by atoms with Gasteiger partial charge >= 0.3 is 12.1 Å². The summed E-state index contributed by atoms with van der Waals surface area (Å²) in [6, 6.07) is 9.32. The molecule has 1 unspecified atom stereocenters. The molecule has 4 aliphatic rings. The molecule has 8 rings (SSSR count). The Morgan fingerprint density at radius 2 is 1.86 bits per heavy atom. The second-order valence-electron chi connectivity index (χ2n) is 16.3. The molecule has 1 atom stereocenters. The average Bonchev–Trinajstić information content (AvgIpc) is 3.79. The number of hydrogen-bond donors (Lipinski definition) is 1. The van der Waals surface area contributed by atoms with Crippen molar-refractivity contribution in [3.05, 3.63) is 47.9 Å². The highest BCUT2D eigenvalue weighted by molar-refractivity contribution is 6.02. The van der Waals surface area contributed by atoms with E-state index in [-0.39, 0.29) is 41.0 Å². The van der Waals surface area contributed by atoms with Crippen molar-refractivity contribution in [1.82, 2.24) is 35.0 Å². The summed E-state index contributed by atoms with van der Waals surface area (Å²) in [5, 5.41) is 4.91. The summed E-state index contributed by atoms with van der Waals surface area (Å²) in [5.74, 6) is -0.144. The third-order valence-corrected chi connectivity index (χ3v) is 12.3. The third-order valence-electron chi connectivity index (χ3n) is 12.3. The Morgan fingerprint density at radius 1 is 1.05 bits per heavy atom. The van der Waals surface area contributed by atoms with Gasteiger partial charge in [0.05, 0.1) is 16.5 Å². The lowest BCUT2D eigenvalue weighted by atomic mass is 9.91. The van der Waals surface area contributed by atoms with Crippen LogP contribution in [-0.4, -0.2) is 132 Å². The van der Waals surface area contributed by atoms with Crippen LogP contribution in [0.15, 0.2) is 36.5 Å². The summed E-state index contributed by atoms with van der Waals surface area (Å²) in [6.07, 6.45) is 8.91. The van der Waals surface area contributed by atoms with E-state index in [0.29, 0.717) is 62.6 Å².